The van der Waals surface area contributed by atoms with Gasteiger partial charge in [0.25, 0.3) is 0 Å². The Balaban J connectivity index is 2.25. The Bertz CT molecular complexity index is 330. The highest BCUT2D eigenvalue weighted by Gasteiger charge is 2.32. The van der Waals surface area contributed by atoms with Crippen molar-refractivity contribution in [3.05, 3.63) is 0 Å². The molecule has 1 aliphatic rings. The molecule has 0 unspecified atom stereocenters. The van der Waals surface area contributed by atoms with E-state index in [2.05, 4.69) is 39.9 Å². The molecule has 0 heterocycles. The minimum atomic E-state index is -0.213. The highest BCUT2D eigenvalue weighted by atomic mass is 16.5. The molecule has 1 rings (SSSR count). The molecule has 0 aromatic carbocycles. The summed E-state index contributed by atoms with van der Waals surface area (Å²) in [5.74, 6) is 1.00. The van der Waals surface area contributed by atoms with Crippen LogP contribution in [-0.2, 0) is 9.53 Å². The first-order chi connectivity index (χ1) is 10.3. The standard InChI is InChI=1S/C19H37NO2/c1-6-14-20-17(21)11-12-19(4,5)22-15-13-18(2,3)16-9-7-8-10-16/h16H,6-15H2,1-5H3,(H,20,21). The van der Waals surface area contributed by atoms with Crippen LogP contribution in [0.3, 0.4) is 0 Å². The molecule has 0 spiro atoms. The Morgan fingerprint density at radius 1 is 1.14 bits per heavy atom. The van der Waals surface area contributed by atoms with E-state index in [1.54, 1.807) is 0 Å². The van der Waals surface area contributed by atoms with Crippen LogP contribution in [0.2, 0.25) is 0 Å². The van der Waals surface area contributed by atoms with Gasteiger partial charge in [-0.3, -0.25) is 4.79 Å². The lowest BCUT2D eigenvalue weighted by Gasteiger charge is -2.33. The van der Waals surface area contributed by atoms with Gasteiger partial charge in [-0.15, -0.1) is 0 Å². The molecule has 0 saturated heterocycles. The van der Waals surface area contributed by atoms with Gasteiger partial charge in [0, 0.05) is 19.6 Å². The maximum atomic E-state index is 11.7. The second kappa shape index (κ2) is 8.90. The van der Waals surface area contributed by atoms with Crippen LogP contribution in [0, 0.1) is 11.3 Å². The van der Waals surface area contributed by atoms with Crippen LogP contribution < -0.4 is 5.32 Å². The largest absolute Gasteiger partial charge is 0.376 e. The van der Waals surface area contributed by atoms with Gasteiger partial charge < -0.3 is 10.1 Å². The zero-order chi connectivity index (χ0) is 16.6. The first-order valence-electron chi connectivity index (χ1n) is 9.17. The molecule has 0 radical (unpaired) electrons. The van der Waals surface area contributed by atoms with Gasteiger partial charge in [-0.2, -0.15) is 0 Å². The lowest BCUT2D eigenvalue weighted by Crippen LogP contribution is -2.31. The Hall–Kier alpha value is -0.570. The molecule has 1 amide bonds. The molecular weight excluding hydrogens is 274 g/mol. The van der Waals surface area contributed by atoms with Crippen molar-refractivity contribution in [2.45, 2.75) is 91.6 Å². The zero-order valence-electron chi connectivity index (χ0n) is 15.5. The van der Waals surface area contributed by atoms with Gasteiger partial charge in [0.1, 0.15) is 0 Å². The smallest absolute Gasteiger partial charge is 0.220 e. The number of ether oxygens (including phenoxy) is 1. The third kappa shape index (κ3) is 7.13. The van der Waals surface area contributed by atoms with Gasteiger partial charge >= 0.3 is 0 Å². The summed E-state index contributed by atoms with van der Waals surface area (Å²) in [4.78, 5) is 11.7. The first kappa shape index (κ1) is 19.5. The van der Waals surface area contributed by atoms with Gasteiger partial charge in [-0.25, -0.2) is 0 Å². The minimum Gasteiger partial charge on any atom is -0.376 e. The number of amides is 1. The second-order valence-corrected chi connectivity index (χ2v) is 8.18. The highest BCUT2D eigenvalue weighted by Crippen LogP contribution is 2.41. The molecule has 0 atom stereocenters. The third-order valence-corrected chi connectivity index (χ3v) is 5.23. The van der Waals surface area contributed by atoms with Crippen LogP contribution >= 0.6 is 0 Å². The molecule has 1 saturated carbocycles. The average Bonchev–Trinajstić information content (AvgIpc) is 2.97. The van der Waals surface area contributed by atoms with Crippen molar-refractivity contribution >= 4 is 5.91 Å². The summed E-state index contributed by atoms with van der Waals surface area (Å²) in [6.07, 6.45) is 9.00. The fourth-order valence-corrected chi connectivity index (χ4v) is 3.34. The number of nitrogens with one attached hydrogen (secondary N) is 1. The summed E-state index contributed by atoms with van der Waals surface area (Å²) in [6, 6.07) is 0. The average molecular weight is 312 g/mol. The molecule has 0 aromatic heterocycles. The van der Waals surface area contributed by atoms with E-state index in [4.69, 9.17) is 4.74 Å². The molecule has 0 bridgehead atoms. The fourth-order valence-electron chi connectivity index (χ4n) is 3.34. The quantitative estimate of drug-likeness (QED) is 0.635. The van der Waals surface area contributed by atoms with Crippen LogP contribution in [0.25, 0.3) is 0 Å². The van der Waals surface area contributed by atoms with Crippen molar-refractivity contribution in [2.75, 3.05) is 13.2 Å². The van der Waals surface area contributed by atoms with Crippen molar-refractivity contribution in [3.8, 4) is 0 Å². The third-order valence-electron chi connectivity index (χ3n) is 5.23. The van der Waals surface area contributed by atoms with Gasteiger partial charge in [-0.05, 0) is 57.3 Å². The predicted molar refractivity (Wildman–Crippen MR) is 92.9 cm³/mol. The van der Waals surface area contributed by atoms with E-state index in [0.29, 0.717) is 11.8 Å². The van der Waals surface area contributed by atoms with Crippen molar-refractivity contribution < 1.29 is 9.53 Å². The number of rotatable bonds is 10. The summed E-state index contributed by atoms with van der Waals surface area (Å²) < 4.78 is 6.10. The molecule has 0 aliphatic heterocycles. The zero-order valence-corrected chi connectivity index (χ0v) is 15.5. The summed E-state index contributed by atoms with van der Waals surface area (Å²) >= 11 is 0. The molecule has 3 nitrogen and oxygen atoms in total. The minimum absolute atomic E-state index is 0.143. The molecule has 0 aromatic rings. The van der Waals surface area contributed by atoms with Gasteiger partial charge in [0.2, 0.25) is 5.91 Å². The lowest BCUT2D eigenvalue weighted by atomic mass is 9.75. The van der Waals surface area contributed by atoms with Crippen molar-refractivity contribution in [1.29, 1.82) is 0 Å². The second-order valence-electron chi connectivity index (χ2n) is 8.18. The van der Waals surface area contributed by atoms with Crippen LogP contribution in [0.4, 0.5) is 0 Å². The van der Waals surface area contributed by atoms with E-state index in [9.17, 15) is 4.79 Å². The Morgan fingerprint density at radius 3 is 2.36 bits per heavy atom. The summed E-state index contributed by atoms with van der Waals surface area (Å²) in [6.45, 7) is 12.6. The highest BCUT2D eigenvalue weighted by molar-refractivity contribution is 5.75. The van der Waals surface area contributed by atoms with Crippen molar-refractivity contribution in [1.82, 2.24) is 5.32 Å². The molecule has 1 fully saturated rings. The number of carbonyl (C=O) groups excluding carboxylic acids is 1. The Labute approximate surface area is 137 Å². The van der Waals surface area contributed by atoms with Crippen LogP contribution in [0.15, 0.2) is 0 Å². The van der Waals surface area contributed by atoms with Crippen LogP contribution in [-0.4, -0.2) is 24.7 Å². The molecule has 130 valence electrons. The number of hydrogen-bond donors (Lipinski definition) is 1. The molecule has 22 heavy (non-hydrogen) atoms. The summed E-state index contributed by atoms with van der Waals surface area (Å²) in [7, 11) is 0. The van der Waals surface area contributed by atoms with E-state index in [-0.39, 0.29) is 11.5 Å². The van der Waals surface area contributed by atoms with E-state index in [1.165, 1.54) is 25.7 Å². The molecule has 1 aliphatic carbocycles. The van der Waals surface area contributed by atoms with Crippen molar-refractivity contribution in [3.63, 3.8) is 0 Å². The summed E-state index contributed by atoms with van der Waals surface area (Å²) in [5.41, 5.74) is 0.167. The van der Waals surface area contributed by atoms with E-state index < -0.39 is 0 Å². The lowest BCUT2D eigenvalue weighted by molar-refractivity contribution is -0.123. The van der Waals surface area contributed by atoms with Gasteiger partial charge in [0.05, 0.1) is 5.60 Å². The maximum absolute atomic E-state index is 11.7. The Morgan fingerprint density at radius 2 is 1.77 bits per heavy atom. The predicted octanol–water partition coefficient (Wildman–Crippen LogP) is 4.69. The van der Waals surface area contributed by atoms with Crippen molar-refractivity contribution in [2.24, 2.45) is 11.3 Å². The SMILES string of the molecule is CCCNC(=O)CCC(C)(C)OCCC(C)(C)C1CCCC1. The van der Waals surface area contributed by atoms with E-state index in [1.807, 2.05) is 0 Å². The molecule has 3 heteroatoms. The first-order valence-corrected chi connectivity index (χ1v) is 9.17. The normalized spacial score (nSPS) is 17.0. The number of carbonyl (C=O) groups is 1. The van der Waals surface area contributed by atoms with E-state index in [0.717, 1.165) is 38.3 Å². The van der Waals surface area contributed by atoms with E-state index >= 15 is 0 Å². The maximum Gasteiger partial charge on any atom is 0.220 e. The van der Waals surface area contributed by atoms with Gasteiger partial charge in [0.15, 0.2) is 0 Å². The molecular formula is C19H37NO2. The number of hydrogen-bond acceptors (Lipinski definition) is 2. The topological polar surface area (TPSA) is 38.3 Å². The van der Waals surface area contributed by atoms with Crippen LogP contribution in [0.1, 0.15) is 86.0 Å². The fraction of sp³-hybridized carbons (Fsp3) is 0.947. The Kier molecular flexibility index (Phi) is 7.88. The van der Waals surface area contributed by atoms with Gasteiger partial charge in [-0.1, -0.05) is 33.6 Å². The van der Waals surface area contributed by atoms with Crippen LogP contribution in [0.5, 0.6) is 0 Å². The molecule has 1 N–H and O–H groups in total. The monoisotopic (exact) mass is 311 g/mol. The summed E-state index contributed by atoms with van der Waals surface area (Å²) in [5, 5.41) is 2.93.